The van der Waals surface area contributed by atoms with Gasteiger partial charge in [0, 0.05) is 24.8 Å². The quantitative estimate of drug-likeness (QED) is 0.579. The zero-order valence-electron chi connectivity index (χ0n) is 17.5. The number of hydrogen-bond acceptors (Lipinski definition) is 3. The first-order valence-corrected chi connectivity index (χ1v) is 9.53. The number of anilines is 1. The second-order valence-electron chi connectivity index (χ2n) is 8.15. The molecular formula is C23H30Cl2N4O. The Morgan fingerprint density at radius 2 is 1.70 bits per heavy atom. The summed E-state index contributed by atoms with van der Waals surface area (Å²) in [4.78, 5) is 16.8. The van der Waals surface area contributed by atoms with Crippen molar-refractivity contribution in [2.24, 2.45) is 5.73 Å². The van der Waals surface area contributed by atoms with Crippen molar-refractivity contribution in [1.82, 2.24) is 9.55 Å². The Morgan fingerprint density at radius 1 is 1.07 bits per heavy atom. The van der Waals surface area contributed by atoms with Gasteiger partial charge in [-0.25, -0.2) is 4.98 Å². The topological polar surface area (TPSA) is 72.9 Å². The Kier molecular flexibility index (Phi) is 9.56. The fraction of sp³-hybridized carbons (Fsp3) is 0.304. The summed E-state index contributed by atoms with van der Waals surface area (Å²) in [5, 5.41) is 2.89. The van der Waals surface area contributed by atoms with Gasteiger partial charge in [0.1, 0.15) is 0 Å². The van der Waals surface area contributed by atoms with E-state index >= 15 is 0 Å². The largest absolute Gasteiger partial charge is 0.333 e. The second-order valence-corrected chi connectivity index (χ2v) is 8.15. The molecule has 5 nitrogen and oxygen atoms in total. The third-order valence-corrected chi connectivity index (χ3v) is 4.68. The van der Waals surface area contributed by atoms with Crippen molar-refractivity contribution in [3.05, 3.63) is 83.9 Å². The minimum Gasteiger partial charge on any atom is -0.333 e. The molecule has 0 saturated carbocycles. The Bertz CT molecular complexity index is 918. The fourth-order valence-corrected chi connectivity index (χ4v) is 3.00. The van der Waals surface area contributed by atoms with Crippen LogP contribution in [0.4, 0.5) is 5.69 Å². The minimum absolute atomic E-state index is 0. The predicted molar refractivity (Wildman–Crippen MR) is 128 cm³/mol. The van der Waals surface area contributed by atoms with E-state index in [9.17, 15) is 4.79 Å². The molecule has 0 aliphatic carbocycles. The monoisotopic (exact) mass is 448 g/mol. The van der Waals surface area contributed by atoms with Gasteiger partial charge in [-0.2, -0.15) is 0 Å². The Labute approximate surface area is 190 Å². The number of halogens is 2. The summed E-state index contributed by atoms with van der Waals surface area (Å²) in [5.41, 5.74) is 10.2. The summed E-state index contributed by atoms with van der Waals surface area (Å²) in [7, 11) is 0. The van der Waals surface area contributed by atoms with Gasteiger partial charge in [0.05, 0.1) is 18.1 Å². The molecule has 1 atom stereocenters. The smallest absolute Gasteiger partial charge is 0.241 e. The number of nitrogens with two attached hydrogens (primary N) is 1. The van der Waals surface area contributed by atoms with E-state index in [1.807, 2.05) is 53.2 Å². The van der Waals surface area contributed by atoms with E-state index < -0.39 is 6.04 Å². The SMILES string of the molecule is CC(C)(C)c1ccc(NC(=O)[C@@H](N)Cc2cn(Cc3ccccc3)cn2)cc1.Cl.Cl. The van der Waals surface area contributed by atoms with E-state index in [1.165, 1.54) is 11.1 Å². The van der Waals surface area contributed by atoms with Crippen LogP contribution in [-0.2, 0) is 23.2 Å². The van der Waals surface area contributed by atoms with Crippen molar-refractivity contribution in [1.29, 1.82) is 0 Å². The third kappa shape index (κ3) is 7.17. The number of benzene rings is 2. The second kappa shape index (κ2) is 11.2. The number of carbonyl (C=O) groups excluding carboxylic acids is 1. The van der Waals surface area contributed by atoms with Crippen molar-refractivity contribution in [2.45, 2.75) is 45.2 Å². The highest BCUT2D eigenvalue weighted by atomic mass is 35.5. The van der Waals surface area contributed by atoms with E-state index in [1.54, 1.807) is 6.33 Å². The van der Waals surface area contributed by atoms with E-state index in [0.717, 1.165) is 17.9 Å². The van der Waals surface area contributed by atoms with Crippen LogP contribution in [0.3, 0.4) is 0 Å². The highest BCUT2D eigenvalue weighted by Gasteiger charge is 2.17. The highest BCUT2D eigenvalue weighted by molar-refractivity contribution is 5.94. The molecule has 7 heteroatoms. The molecule has 30 heavy (non-hydrogen) atoms. The summed E-state index contributed by atoms with van der Waals surface area (Å²) in [6.45, 7) is 7.23. The third-order valence-electron chi connectivity index (χ3n) is 4.68. The number of carbonyl (C=O) groups is 1. The lowest BCUT2D eigenvalue weighted by atomic mass is 9.87. The Balaban J connectivity index is 0.00000225. The number of rotatable bonds is 6. The minimum atomic E-state index is -0.651. The van der Waals surface area contributed by atoms with Crippen molar-refractivity contribution in [2.75, 3.05) is 5.32 Å². The fourth-order valence-electron chi connectivity index (χ4n) is 3.00. The molecule has 0 bridgehead atoms. The zero-order valence-corrected chi connectivity index (χ0v) is 19.2. The molecular weight excluding hydrogens is 419 g/mol. The lowest BCUT2D eigenvalue weighted by Crippen LogP contribution is -2.37. The number of nitrogens with zero attached hydrogens (tertiary/aromatic N) is 2. The van der Waals surface area contributed by atoms with Crippen LogP contribution in [0.1, 0.15) is 37.6 Å². The maximum absolute atomic E-state index is 12.4. The molecule has 0 radical (unpaired) electrons. The van der Waals surface area contributed by atoms with Crippen LogP contribution in [0.2, 0.25) is 0 Å². The van der Waals surface area contributed by atoms with Gasteiger partial charge in [0.25, 0.3) is 0 Å². The first-order valence-electron chi connectivity index (χ1n) is 9.53. The summed E-state index contributed by atoms with van der Waals surface area (Å²) in [5.74, 6) is -0.207. The van der Waals surface area contributed by atoms with Crippen LogP contribution in [-0.4, -0.2) is 21.5 Å². The van der Waals surface area contributed by atoms with Crippen molar-refractivity contribution >= 4 is 36.4 Å². The number of amides is 1. The van der Waals surface area contributed by atoms with Gasteiger partial charge in [0.15, 0.2) is 0 Å². The Hall–Kier alpha value is -2.34. The molecule has 3 rings (SSSR count). The normalized spacial score (nSPS) is 11.7. The van der Waals surface area contributed by atoms with Gasteiger partial charge in [0.2, 0.25) is 5.91 Å². The molecule has 3 N–H and O–H groups in total. The molecule has 3 aromatic rings. The maximum atomic E-state index is 12.4. The molecule has 0 aliphatic rings. The summed E-state index contributed by atoms with van der Waals surface area (Å²) < 4.78 is 2.00. The van der Waals surface area contributed by atoms with E-state index in [0.29, 0.717) is 6.42 Å². The van der Waals surface area contributed by atoms with Gasteiger partial charge in [-0.1, -0.05) is 63.2 Å². The Morgan fingerprint density at radius 3 is 2.30 bits per heavy atom. The van der Waals surface area contributed by atoms with Crippen molar-refractivity contribution in [3.8, 4) is 0 Å². The first-order chi connectivity index (χ1) is 13.3. The standard InChI is InChI=1S/C23H28N4O.2ClH/c1-23(2,3)18-9-11-19(12-10-18)26-22(28)21(24)13-20-15-27(16-25-20)14-17-7-5-4-6-8-17;;/h4-12,15-16,21H,13-14,24H2,1-3H3,(H,26,28);2*1H/t21-;;/m0../s1. The molecule has 0 aliphatic heterocycles. The van der Waals surface area contributed by atoms with Crippen molar-refractivity contribution < 1.29 is 4.79 Å². The molecule has 0 fully saturated rings. The molecule has 0 saturated heterocycles. The van der Waals surface area contributed by atoms with Gasteiger partial charge >= 0.3 is 0 Å². The van der Waals surface area contributed by atoms with Gasteiger partial charge in [-0.3, -0.25) is 4.79 Å². The molecule has 1 amide bonds. The molecule has 162 valence electrons. The van der Waals surface area contributed by atoms with E-state index in [2.05, 4.69) is 43.2 Å². The van der Waals surface area contributed by atoms with Crippen LogP contribution in [0.25, 0.3) is 0 Å². The molecule has 1 aromatic heterocycles. The number of nitrogens with one attached hydrogen (secondary N) is 1. The van der Waals surface area contributed by atoms with Crippen molar-refractivity contribution in [3.63, 3.8) is 0 Å². The van der Waals surface area contributed by atoms with Crippen LogP contribution < -0.4 is 11.1 Å². The average molecular weight is 449 g/mol. The van der Waals surface area contributed by atoms with E-state index in [-0.39, 0.29) is 36.1 Å². The van der Waals surface area contributed by atoms with Gasteiger partial charge in [-0.05, 0) is 28.7 Å². The lowest BCUT2D eigenvalue weighted by Gasteiger charge is -2.19. The summed E-state index contributed by atoms with van der Waals surface area (Å²) in [6.07, 6.45) is 4.12. The zero-order chi connectivity index (χ0) is 20.1. The number of imidazole rings is 1. The highest BCUT2D eigenvalue weighted by Crippen LogP contribution is 2.23. The van der Waals surface area contributed by atoms with Crippen LogP contribution >= 0.6 is 24.8 Å². The first kappa shape index (κ1) is 25.7. The van der Waals surface area contributed by atoms with Gasteiger partial charge < -0.3 is 15.6 Å². The lowest BCUT2D eigenvalue weighted by molar-refractivity contribution is -0.117. The van der Waals surface area contributed by atoms with Crippen LogP contribution in [0.15, 0.2) is 67.1 Å². The van der Waals surface area contributed by atoms with Crippen LogP contribution in [0, 0.1) is 0 Å². The number of aromatic nitrogens is 2. The molecule has 0 unspecified atom stereocenters. The van der Waals surface area contributed by atoms with E-state index in [4.69, 9.17) is 5.73 Å². The number of hydrogen-bond donors (Lipinski definition) is 2. The molecule has 0 spiro atoms. The van der Waals surface area contributed by atoms with Crippen LogP contribution in [0.5, 0.6) is 0 Å². The predicted octanol–water partition coefficient (Wildman–Crippen LogP) is 4.58. The summed E-state index contributed by atoms with van der Waals surface area (Å²) >= 11 is 0. The molecule has 1 heterocycles. The average Bonchev–Trinajstić information content (AvgIpc) is 3.09. The maximum Gasteiger partial charge on any atom is 0.241 e. The molecule has 2 aromatic carbocycles. The van der Waals surface area contributed by atoms with Gasteiger partial charge in [-0.15, -0.1) is 24.8 Å². The summed E-state index contributed by atoms with van der Waals surface area (Å²) in [6, 6.07) is 17.4.